The molecule has 1 N–H and O–H groups in total. The van der Waals surface area contributed by atoms with Crippen LogP contribution in [0.4, 0.5) is 0 Å². The molecule has 38 heavy (non-hydrogen) atoms. The minimum atomic E-state index is -1.10. The summed E-state index contributed by atoms with van der Waals surface area (Å²) in [4.78, 5) is 42.8. The van der Waals surface area contributed by atoms with Gasteiger partial charge >= 0.3 is 11.9 Å². The molecule has 0 spiro atoms. The first kappa shape index (κ1) is 27.6. The van der Waals surface area contributed by atoms with E-state index in [9.17, 15) is 14.4 Å². The predicted molar refractivity (Wildman–Crippen MR) is 150 cm³/mol. The van der Waals surface area contributed by atoms with Gasteiger partial charge in [-0.2, -0.15) is 0 Å². The predicted octanol–water partition coefficient (Wildman–Crippen LogP) is 3.27. The molecule has 0 bridgehead atoms. The van der Waals surface area contributed by atoms with E-state index >= 15 is 0 Å². The Bertz CT molecular complexity index is 1590. The number of carbonyl (C=O) groups is 2. The molecule has 198 valence electrons. The Hall–Kier alpha value is -3.45. The summed E-state index contributed by atoms with van der Waals surface area (Å²) in [5, 5.41) is 9.00. The standard InChI is InChI=1S/C27H25IN2O7S/c1-4-18-22(26(34)35-3)23(16-9-7-6-8-10-16)30-25(33)20(38-27(30)29-18)13-15-11-17(28)24(37-14-21(31)32)19(12-15)36-5-2/h6-13,23H,4-5,14H2,1-3H3,(H,31,32)/b20-13-/t23-/m1/s1. The Morgan fingerprint density at radius 2 is 1.92 bits per heavy atom. The second-order valence-corrected chi connectivity index (χ2v) is 10.3. The van der Waals surface area contributed by atoms with Crippen LogP contribution in [0.5, 0.6) is 11.5 Å². The summed E-state index contributed by atoms with van der Waals surface area (Å²) in [6.07, 6.45) is 2.22. The number of carboxylic acid groups (broad SMARTS) is 1. The number of thiazole rings is 1. The van der Waals surface area contributed by atoms with E-state index in [-0.39, 0.29) is 5.56 Å². The van der Waals surface area contributed by atoms with Gasteiger partial charge in [0.2, 0.25) is 0 Å². The highest BCUT2D eigenvalue weighted by atomic mass is 127. The molecule has 0 unspecified atom stereocenters. The SMILES string of the molecule is CCOc1cc(/C=c2\sc3n(c2=O)[C@H](c2ccccc2)C(C(=O)OC)=C(CC)N=3)cc(I)c1OCC(=O)O. The van der Waals surface area contributed by atoms with Crippen molar-refractivity contribution in [3.63, 3.8) is 0 Å². The Balaban J connectivity index is 1.90. The number of ether oxygens (including phenoxy) is 3. The Morgan fingerprint density at radius 3 is 2.55 bits per heavy atom. The summed E-state index contributed by atoms with van der Waals surface area (Å²) in [5.74, 6) is -0.920. The summed E-state index contributed by atoms with van der Waals surface area (Å²) in [7, 11) is 1.32. The number of methoxy groups -OCH3 is 1. The number of carbonyl (C=O) groups excluding carboxylic acids is 1. The van der Waals surface area contributed by atoms with Crippen LogP contribution in [0.15, 0.2) is 63.5 Å². The van der Waals surface area contributed by atoms with Gasteiger partial charge in [0, 0.05) is 0 Å². The van der Waals surface area contributed by atoms with Crippen LogP contribution in [-0.2, 0) is 14.3 Å². The largest absolute Gasteiger partial charge is 0.490 e. The lowest BCUT2D eigenvalue weighted by atomic mass is 9.95. The molecule has 0 aliphatic carbocycles. The minimum absolute atomic E-state index is 0.293. The van der Waals surface area contributed by atoms with Gasteiger partial charge in [0.05, 0.1) is 39.1 Å². The quantitative estimate of drug-likeness (QED) is 0.280. The van der Waals surface area contributed by atoms with Gasteiger partial charge in [-0.3, -0.25) is 9.36 Å². The molecule has 4 rings (SSSR count). The van der Waals surface area contributed by atoms with Gasteiger partial charge in [0.25, 0.3) is 5.56 Å². The molecule has 2 aromatic carbocycles. The van der Waals surface area contributed by atoms with E-state index in [2.05, 4.69) is 4.99 Å². The maximum atomic E-state index is 13.8. The first-order valence-electron chi connectivity index (χ1n) is 11.8. The zero-order valence-electron chi connectivity index (χ0n) is 20.9. The molecule has 0 saturated heterocycles. The summed E-state index contributed by atoms with van der Waals surface area (Å²) in [5.41, 5.74) is 2.07. The van der Waals surface area contributed by atoms with Crippen LogP contribution in [0, 0.1) is 3.57 Å². The van der Waals surface area contributed by atoms with Crippen molar-refractivity contribution in [2.75, 3.05) is 20.3 Å². The van der Waals surface area contributed by atoms with Gasteiger partial charge in [-0.1, -0.05) is 48.6 Å². The lowest BCUT2D eigenvalue weighted by Crippen LogP contribution is -2.40. The molecule has 11 heteroatoms. The van der Waals surface area contributed by atoms with Crippen molar-refractivity contribution in [1.29, 1.82) is 0 Å². The van der Waals surface area contributed by atoms with Crippen molar-refractivity contribution < 1.29 is 28.9 Å². The van der Waals surface area contributed by atoms with Crippen LogP contribution in [0.2, 0.25) is 0 Å². The molecule has 9 nitrogen and oxygen atoms in total. The van der Waals surface area contributed by atoms with Crippen molar-refractivity contribution in [3.05, 3.63) is 88.1 Å². The van der Waals surface area contributed by atoms with Crippen molar-refractivity contribution in [1.82, 2.24) is 4.57 Å². The monoisotopic (exact) mass is 648 g/mol. The fourth-order valence-electron chi connectivity index (χ4n) is 4.17. The Morgan fingerprint density at radius 1 is 1.18 bits per heavy atom. The zero-order chi connectivity index (χ0) is 27.4. The molecule has 0 saturated carbocycles. The van der Waals surface area contributed by atoms with Crippen LogP contribution in [0.1, 0.15) is 37.4 Å². The normalized spacial score (nSPS) is 15.1. The van der Waals surface area contributed by atoms with E-state index in [1.807, 2.05) is 66.8 Å². The molecule has 0 amide bonds. The van der Waals surface area contributed by atoms with Gasteiger partial charge in [-0.05, 0) is 65.3 Å². The number of fused-ring (bicyclic) bond motifs is 1. The van der Waals surface area contributed by atoms with Crippen LogP contribution in [0.3, 0.4) is 0 Å². The number of allylic oxidation sites excluding steroid dienone is 1. The maximum Gasteiger partial charge on any atom is 0.341 e. The molecule has 1 aromatic heterocycles. The molecule has 1 aliphatic heterocycles. The zero-order valence-corrected chi connectivity index (χ0v) is 23.9. The summed E-state index contributed by atoms with van der Waals surface area (Å²) < 4.78 is 18.8. The third kappa shape index (κ3) is 5.53. The highest BCUT2D eigenvalue weighted by Crippen LogP contribution is 2.35. The Labute approximate surface area is 235 Å². The van der Waals surface area contributed by atoms with Gasteiger partial charge < -0.3 is 19.3 Å². The number of esters is 1. The second kappa shape index (κ2) is 11.9. The summed E-state index contributed by atoms with van der Waals surface area (Å²) >= 11 is 3.27. The fraction of sp³-hybridized carbons (Fsp3) is 0.259. The van der Waals surface area contributed by atoms with E-state index in [1.165, 1.54) is 23.0 Å². The highest BCUT2D eigenvalue weighted by molar-refractivity contribution is 14.1. The number of aliphatic carboxylic acids is 1. The summed E-state index contributed by atoms with van der Waals surface area (Å²) in [6.45, 7) is 3.56. The highest BCUT2D eigenvalue weighted by Gasteiger charge is 2.33. The van der Waals surface area contributed by atoms with Crippen molar-refractivity contribution in [3.8, 4) is 11.5 Å². The number of rotatable bonds is 9. The lowest BCUT2D eigenvalue weighted by molar-refractivity contribution is -0.139. The molecule has 2 heterocycles. The van der Waals surface area contributed by atoms with Gasteiger partial charge in [-0.25, -0.2) is 14.6 Å². The average Bonchev–Trinajstić information content (AvgIpc) is 3.21. The third-order valence-corrected chi connectivity index (χ3v) is 7.52. The second-order valence-electron chi connectivity index (χ2n) is 8.14. The topological polar surface area (TPSA) is 116 Å². The van der Waals surface area contributed by atoms with Crippen molar-refractivity contribution in [2.45, 2.75) is 26.3 Å². The molecule has 3 aromatic rings. The van der Waals surface area contributed by atoms with Gasteiger partial charge in [-0.15, -0.1) is 0 Å². The minimum Gasteiger partial charge on any atom is -0.490 e. The molecular formula is C27H25IN2O7S. The average molecular weight is 648 g/mol. The number of benzene rings is 2. The van der Waals surface area contributed by atoms with E-state index in [0.29, 0.717) is 54.3 Å². The van der Waals surface area contributed by atoms with Crippen LogP contribution in [0.25, 0.3) is 6.08 Å². The van der Waals surface area contributed by atoms with Crippen molar-refractivity contribution in [2.24, 2.45) is 4.99 Å². The molecule has 1 aliphatic rings. The number of aromatic nitrogens is 1. The molecule has 1 atom stereocenters. The number of hydrogen-bond acceptors (Lipinski definition) is 8. The van der Waals surface area contributed by atoms with Crippen LogP contribution in [-0.4, -0.2) is 41.9 Å². The number of nitrogens with zero attached hydrogens (tertiary/aromatic N) is 2. The van der Waals surface area contributed by atoms with Gasteiger partial charge in [0.15, 0.2) is 22.9 Å². The van der Waals surface area contributed by atoms with Crippen LogP contribution >= 0.6 is 33.9 Å². The van der Waals surface area contributed by atoms with Gasteiger partial charge in [0.1, 0.15) is 0 Å². The van der Waals surface area contributed by atoms with E-state index in [0.717, 1.165) is 5.56 Å². The third-order valence-electron chi connectivity index (χ3n) is 5.74. The molecular weight excluding hydrogens is 623 g/mol. The maximum absolute atomic E-state index is 13.8. The first-order valence-corrected chi connectivity index (χ1v) is 13.7. The van der Waals surface area contributed by atoms with E-state index in [4.69, 9.17) is 19.3 Å². The number of carboxylic acids is 1. The lowest BCUT2D eigenvalue weighted by Gasteiger charge is -2.25. The Kier molecular flexibility index (Phi) is 8.67. The fourth-order valence-corrected chi connectivity index (χ4v) is 5.98. The smallest absolute Gasteiger partial charge is 0.341 e. The van der Waals surface area contributed by atoms with Crippen LogP contribution < -0.4 is 24.4 Å². The molecule has 0 fully saturated rings. The van der Waals surface area contributed by atoms with Crippen molar-refractivity contribution >= 4 is 51.9 Å². The first-order chi connectivity index (χ1) is 18.3. The number of hydrogen-bond donors (Lipinski definition) is 1. The molecule has 0 radical (unpaired) electrons. The summed E-state index contributed by atoms with van der Waals surface area (Å²) in [6, 6.07) is 12.1. The van der Waals surface area contributed by atoms with E-state index in [1.54, 1.807) is 18.2 Å². The number of halogens is 1. The van der Waals surface area contributed by atoms with E-state index < -0.39 is 24.6 Å².